The van der Waals surface area contributed by atoms with Gasteiger partial charge in [0.1, 0.15) is 24.1 Å². The molecule has 64 heavy (non-hydrogen) atoms. The summed E-state index contributed by atoms with van der Waals surface area (Å²) in [5, 5.41) is 8.80. The zero-order valence-electron chi connectivity index (χ0n) is 35.8. The third-order valence-electron chi connectivity index (χ3n) is 10.2. The van der Waals surface area contributed by atoms with Crippen molar-refractivity contribution in [3.8, 4) is 11.8 Å². The second kappa shape index (κ2) is 24.9. The van der Waals surface area contributed by atoms with Gasteiger partial charge in [0.05, 0.1) is 32.5 Å². The van der Waals surface area contributed by atoms with Crippen molar-refractivity contribution in [3.05, 3.63) is 130 Å². The molecule has 0 amide bonds. The van der Waals surface area contributed by atoms with Crippen LogP contribution in [-0.4, -0.2) is 125 Å². The van der Waals surface area contributed by atoms with E-state index in [1.807, 2.05) is 78.9 Å². The summed E-state index contributed by atoms with van der Waals surface area (Å²) in [5.41, 5.74) is -1.08. The highest BCUT2D eigenvalue weighted by Crippen LogP contribution is 2.31. The van der Waals surface area contributed by atoms with Gasteiger partial charge in [-0.3, -0.25) is 24.3 Å². The number of nitrogens with zero attached hydrogens (tertiary/aromatic N) is 3. The van der Waals surface area contributed by atoms with Crippen molar-refractivity contribution in [2.45, 2.75) is 44.4 Å². The first-order chi connectivity index (χ1) is 30.6. The number of piperidine rings is 1. The highest BCUT2D eigenvalue weighted by molar-refractivity contribution is 7.87. The van der Waals surface area contributed by atoms with Crippen LogP contribution in [-0.2, 0) is 67.3 Å². The molecule has 0 saturated carbocycles. The largest absolute Gasteiger partial charge is 0.534 e. The van der Waals surface area contributed by atoms with Gasteiger partial charge in [-0.25, -0.2) is 9.59 Å². The number of esters is 3. The Hall–Kier alpha value is -5.84. The van der Waals surface area contributed by atoms with Crippen molar-refractivity contribution in [1.29, 1.82) is 0 Å². The molecule has 14 nitrogen and oxygen atoms in total. The van der Waals surface area contributed by atoms with Crippen LogP contribution in [0.5, 0.6) is 0 Å². The predicted molar refractivity (Wildman–Crippen MR) is 229 cm³/mol. The van der Waals surface area contributed by atoms with Crippen molar-refractivity contribution in [1.82, 2.24) is 14.7 Å². The normalized spacial score (nSPS) is 17.4. The molecule has 3 aliphatic rings. The van der Waals surface area contributed by atoms with Gasteiger partial charge in [-0.1, -0.05) is 103 Å². The number of aliphatic hydroxyl groups excluding tert-OH is 1. The number of aliphatic hydroxyl groups is 1. The molecule has 0 bridgehead atoms. The lowest BCUT2D eigenvalue weighted by atomic mass is 9.96. The molecule has 1 N–H and O–H groups in total. The minimum absolute atomic E-state index is 0.00818. The minimum Gasteiger partial charge on any atom is -0.468 e. The Morgan fingerprint density at radius 2 is 1.14 bits per heavy atom. The Kier molecular flexibility index (Phi) is 19.7. The van der Waals surface area contributed by atoms with Gasteiger partial charge in [-0.05, 0) is 23.1 Å². The summed E-state index contributed by atoms with van der Waals surface area (Å²) in [6.07, 6.45) is 0.962. The summed E-state index contributed by atoms with van der Waals surface area (Å²) in [4.78, 5) is 53.0. The summed E-state index contributed by atoms with van der Waals surface area (Å²) < 4.78 is 78.1. The predicted octanol–water partition coefficient (Wildman–Crippen LogP) is 4.79. The standard InChI is InChI=1S/C17H19NO3.C15H16F3NO5S.C14H17NO3/c1-21-17(20)16-13-18(10-9-15(16)8-5-11-19)12-14-6-3-2-4-7-14;1-23-14(20)12-10-19(9-11-5-3-2-4-6-11)8-7-13(12)24-25(21,22)15(16,17)18;1-18-14(17)12-10-15(8-7-13(12)16)9-11-5-3-2-4-6-11/h2-4,6-7,19H,9-13H2,1H3;2-6H,7-10H2,1H3;2-6,12H,7-10H2,1H3. The average molecular weight is 912 g/mol. The zero-order valence-corrected chi connectivity index (χ0v) is 36.7. The first-order valence-corrected chi connectivity index (χ1v) is 21.6. The fraction of sp³-hybridized carbons (Fsp3) is 0.391. The van der Waals surface area contributed by atoms with Crippen molar-refractivity contribution in [3.63, 3.8) is 0 Å². The lowest BCUT2D eigenvalue weighted by Gasteiger charge is -2.30. The molecule has 3 aromatic rings. The Morgan fingerprint density at radius 1 is 0.688 bits per heavy atom. The molecule has 0 radical (unpaired) electrons. The second-order valence-corrected chi connectivity index (χ2v) is 16.2. The third kappa shape index (κ3) is 15.5. The van der Waals surface area contributed by atoms with E-state index in [2.05, 4.69) is 47.4 Å². The smallest absolute Gasteiger partial charge is 0.468 e. The van der Waals surface area contributed by atoms with Crippen molar-refractivity contribution < 1.29 is 64.3 Å². The molecule has 1 atom stereocenters. The van der Waals surface area contributed by atoms with Crippen molar-refractivity contribution in [2.75, 3.05) is 67.2 Å². The quantitative estimate of drug-likeness (QED) is 0.0696. The van der Waals surface area contributed by atoms with Gasteiger partial charge >= 0.3 is 33.5 Å². The SMILES string of the molecule is COC(=O)C1=C(C#CCO)CCN(Cc2ccccc2)C1.COC(=O)C1=C(OS(=O)(=O)C(F)(F)F)CCN(Cc2ccccc2)C1.COC(=O)C1CN(Cc2ccccc2)CCC1=O. The number of ketones is 1. The second-order valence-electron chi connectivity index (χ2n) is 14.7. The summed E-state index contributed by atoms with van der Waals surface area (Å²) in [7, 11) is -2.07. The van der Waals surface area contributed by atoms with Crippen LogP contribution in [0.2, 0.25) is 0 Å². The van der Waals surface area contributed by atoms with E-state index in [9.17, 15) is 40.8 Å². The molecule has 0 spiro atoms. The van der Waals surface area contributed by atoms with E-state index in [0.717, 1.165) is 37.9 Å². The van der Waals surface area contributed by atoms with Gasteiger partial charge in [0.2, 0.25) is 0 Å². The van der Waals surface area contributed by atoms with Crippen LogP contribution in [0.3, 0.4) is 0 Å². The van der Waals surface area contributed by atoms with E-state index in [4.69, 9.17) is 9.84 Å². The highest BCUT2D eigenvalue weighted by atomic mass is 32.2. The van der Waals surface area contributed by atoms with Crippen LogP contribution in [0, 0.1) is 17.8 Å². The number of rotatable bonds is 11. The summed E-state index contributed by atoms with van der Waals surface area (Å²) >= 11 is 0. The number of halogens is 3. The molecule has 1 saturated heterocycles. The maximum atomic E-state index is 12.5. The number of methoxy groups -OCH3 is 3. The van der Waals surface area contributed by atoms with Crippen LogP contribution < -0.4 is 0 Å². The molecule has 0 aliphatic carbocycles. The molecule has 1 unspecified atom stereocenters. The molecule has 3 aliphatic heterocycles. The first kappa shape index (κ1) is 50.8. The van der Waals surface area contributed by atoms with E-state index in [-0.39, 0.29) is 43.4 Å². The maximum Gasteiger partial charge on any atom is 0.534 e. The number of carbonyl (C=O) groups is 4. The van der Waals surface area contributed by atoms with Gasteiger partial charge < -0.3 is 23.5 Å². The number of Topliss-reactive ketones (excluding diaryl/α,β-unsaturated/α-hetero) is 1. The summed E-state index contributed by atoms with van der Waals surface area (Å²) in [6, 6.07) is 29.4. The number of carbonyl (C=O) groups excluding carboxylic acids is 4. The fourth-order valence-corrected chi connectivity index (χ4v) is 7.51. The lowest BCUT2D eigenvalue weighted by molar-refractivity contribution is -0.152. The maximum absolute atomic E-state index is 12.5. The topological polar surface area (TPSA) is 169 Å². The Bertz CT molecular complexity index is 2270. The van der Waals surface area contributed by atoms with Crippen molar-refractivity contribution in [2.24, 2.45) is 5.92 Å². The monoisotopic (exact) mass is 911 g/mol. The molecule has 3 heterocycles. The molecule has 0 aromatic heterocycles. The van der Waals surface area contributed by atoms with E-state index in [1.165, 1.54) is 25.3 Å². The van der Waals surface area contributed by atoms with Gasteiger partial charge in [0.15, 0.2) is 0 Å². The van der Waals surface area contributed by atoms with Crippen LogP contribution in [0.25, 0.3) is 0 Å². The highest BCUT2D eigenvalue weighted by Gasteiger charge is 2.49. The van der Waals surface area contributed by atoms with E-state index in [1.54, 1.807) is 4.90 Å². The zero-order chi connectivity index (χ0) is 46.7. The molecule has 3 aromatic carbocycles. The molecule has 6 rings (SSSR count). The van der Waals surface area contributed by atoms with E-state index < -0.39 is 39.2 Å². The van der Waals surface area contributed by atoms with Crippen LogP contribution in [0.1, 0.15) is 36.0 Å². The van der Waals surface area contributed by atoms with E-state index in [0.29, 0.717) is 44.6 Å². The van der Waals surface area contributed by atoms with Gasteiger partial charge in [0.25, 0.3) is 0 Å². The first-order valence-electron chi connectivity index (χ1n) is 20.2. The molecule has 18 heteroatoms. The van der Waals surface area contributed by atoms with Gasteiger partial charge in [-0.15, -0.1) is 0 Å². The van der Waals surface area contributed by atoms with Crippen LogP contribution >= 0.6 is 0 Å². The van der Waals surface area contributed by atoms with Crippen LogP contribution in [0.4, 0.5) is 13.2 Å². The van der Waals surface area contributed by atoms with Gasteiger partial charge in [-0.2, -0.15) is 21.6 Å². The summed E-state index contributed by atoms with van der Waals surface area (Å²) in [6.45, 7) is 4.49. The fourth-order valence-electron chi connectivity index (χ4n) is 6.97. The molecule has 344 valence electrons. The Morgan fingerprint density at radius 3 is 1.61 bits per heavy atom. The van der Waals surface area contributed by atoms with Crippen molar-refractivity contribution >= 4 is 33.8 Å². The number of benzene rings is 3. The minimum atomic E-state index is -5.83. The van der Waals surface area contributed by atoms with Gasteiger partial charge in [0, 0.05) is 77.3 Å². The Labute approximate surface area is 371 Å². The molecular formula is C46H52F3N3O11S. The average Bonchev–Trinajstić information content (AvgIpc) is 3.30. The number of ether oxygens (including phenoxy) is 3. The number of hydrogen-bond acceptors (Lipinski definition) is 14. The van der Waals surface area contributed by atoms with E-state index >= 15 is 0 Å². The number of likely N-dealkylation sites (tertiary alicyclic amines) is 1. The third-order valence-corrected chi connectivity index (χ3v) is 11.2. The molecule has 1 fully saturated rings. The Balaban J connectivity index is 0.000000213. The van der Waals surface area contributed by atoms with Crippen LogP contribution in [0.15, 0.2) is 113 Å². The lowest BCUT2D eigenvalue weighted by Crippen LogP contribution is -2.44. The molecular weight excluding hydrogens is 860 g/mol. The summed E-state index contributed by atoms with van der Waals surface area (Å²) in [5.74, 6) is 2.64. The number of alkyl halides is 3. The number of hydrogen-bond donors (Lipinski definition) is 1.